The first-order valence-corrected chi connectivity index (χ1v) is 4.16. The SMILES string of the molecule is Nc1cccc(C(=O)Nc2nn[nH]n2)c1. The molecule has 7 nitrogen and oxygen atoms in total. The molecule has 0 fully saturated rings. The van der Waals surface area contributed by atoms with Crippen LogP contribution < -0.4 is 11.1 Å². The molecule has 0 bridgehead atoms. The summed E-state index contributed by atoms with van der Waals surface area (Å²) in [6.07, 6.45) is 0. The van der Waals surface area contributed by atoms with Crippen LogP contribution in [-0.4, -0.2) is 26.5 Å². The normalized spacial score (nSPS) is 9.87. The molecule has 1 aromatic carbocycles. The van der Waals surface area contributed by atoms with E-state index in [2.05, 4.69) is 25.9 Å². The van der Waals surface area contributed by atoms with Crippen LogP contribution in [0.25, 0.3) is 0 Å². The van der Waals surface area contributed by atoms with E-state index in [1.54, 1.807) is 24.3 Å². The fraction of sp³-hybridized carbons (Fsp3) is 0. The number of anilines is 2. The number of aromatic nitrogens is 4. The number of hydrogen-bond acceptors (Lipinski definition) is 5. The molecular formula is C8H8N6O. The number of H-pyrrole nitrogens is 1. The molecule has 7 heteroatoms. The lowest BCUT2D eigenvalue weighted by Crippen LogP contribution is -2.13. The third-order valence-electron chi connectivity index (χ3n) is 1.72. The summed E-state index contributed by atoms with van der Waals surface area (Å²) < 4.78 is 0. The van der Waals surface area contributed by atoms with E-state index >= 15 is 0 Å². The number of nitrogens with one attached hydrogen (secondary N) is 2. The Morgan fingerprint density at radius 2 is 2.33 bits per heavy atom. The maximum absolute atomic E-state index is 11.6. The van der Waals surface area contributed by atoms with Crippen LogP contribution in [0.5, 0.6) is 0 Å². The molecule has 2 rings (SSSR count). The molecule has 0 radical (unpaired) electrons. The molecule has 0 unspecified atom stereocenters. The second-order valence-electron chi connectivity index (χ2n) is 2.81. The Morgan fingerprint density at radius 3 is 3.00 bits per heavy atom. The molecular weight excluding hydrogens is 196 g/mol. The number of carbonyl (C=O) groups excluding carboxylic acids is 1. The maximum Gasteiger partial charge on any atom is 0.270 e. The third-order valence-corrected chi connectivity index (χ3v) is 1.72. The Hall–Kier alpha value is -2.44. The summed E-state index contributed by atoms with van der Waals surface area (Å²) in [5.74, 6) is -0.203. The van der Waals surface area contributed by atoms with E-state index in [4.69, 9.17) is 5.73 Å². The minimum absolute atomic E-state index is 0.127. The Bertz CT molecular complexity index is 466. The minimum atomic E-state index is -0.330. The van der Waals surface area contributed by atoms with E-state index in [0.717, 1.165) is 0 Å². The zero-order valence-electron chi connectivity index (χ0n) is 7.64. The largest absolute Gasteiger partial charge is 0.399 e. The van der Waals surface area contributed by atoms with E-state index in [9.17, 15) is 4.79 Å². The van der Waals surface area contributed by atoms with Gasteiger partial charge < -0.3 is 5.73 Å². The number of tetrazole rings is 1. The summed E-state index contributed by atoms with van der Waals surface area (Å²) in [6.45, 7) is 0. The zero-order chi connectivity index (χ0) is 10.7. The van der Waals surface area contributed by atoms with E-state index in [1.807, 2.05) is 0 Å². The molecule has 4 N–H and O–H groups in total. The van der Waals surface area contributed by atoms with Gasteiger partial charge in [0.2, 0.25) is 0 Å². The summed E-state index contributed by atoms with van der Waals surface area (Å²) in [5.41, 5.74) is 6.51. The zero-order valence-corrected chi connectivity index (χ0v) is 7.64. The van der Waals surface area contributed by atoms with Crippen LogP contribution in [0.4, 0.5) is 11.6 Å². The second kappa shape index (κ2) is 3.74. The first-order valence-electron chi connectivity index (χ1n) is 4.16. The van der Waals surface area contributed by atoms with Crippen LogP contribution in [0.1, 0.15) is 10.4 Å². The van der Waals surface area contributed by atoms with Crippen molar-refractivity contribution < 1.29 is 4.79 Å². The van der Waals surface area contributed by atoms with Crippen LogP contribution in [0.15, 0.2) is 24.3 Å². The van der Waals surface area contributed by atoms with E-state index in [1.165, 1.54) is 0 Å². The number of rotatable bonds is 2. The number of nitrogen functional groups attached to an aromatic ring is 1. The number of nitrogens with zero attached hydrogens (tertiary/aromatic N) is 3. The summed E-state index contributed by atoms with van der Waals surface area (Å²) >= 11 is 0. The molecule has 1 amide bonds. The van der Waals surface area contributed by atoms with Gasteiger partial charge in [-0.05, 0) is 23.4 Å². The van der Waals surface area contributed by atoms with Crippen molar-refractivity contribution in [1.82, 2.24) is 20.6 Å². The van der Waals surface area contributed by atoms with Crippen molar-refractivity contribution in [3.05, 3.63) is 29.8 Å². The van der Waals surface area contributed by atoms with Gasteiger partial charge in [-0.2, -0.15) is 5.21 Å². The Balaban J connectivity index is 2.15. The van der Waals surface area contributed by atoms with Crippen LogP contribution in [0.3, 0.4) is 0 Å². The van der Waals surface area contributed by atoms with Crippen molar-refractivity contribution in [3.8, 4) is 0 Å². The lowest BCUT2D eigenvalue weighted by atomic mass is 10.2. The summed E-state index contributed by atoms with van der Waals surface area (Å²) in [7, 11) is 0. The van der Waals surface area contributed by atoms with Gasteiger partial charge in [-0.1, -0.05) is 11.2 Å². The van der Waals surface area contributed by atoms with Gasteiger partial charge in [0.15, 0.2) is 0 Å². The lowest BCUT2D eigenvalue weighted by Gasteiger charge is -2.00. The molecule has 0 aliphatic rings. The highest BCUT2D eigenvalue weighted by atomic mass is 16.1. The first-order chi connectivity index (χ1) is 7.25. The second-order valence-corrected chi connectivity index (χ2v) is 2.81. The van der Waals surface area contributed by atoms with Crippen LogP contribution in [0, 0.1) is 0 Å². The van der Waals surface area contributed by atoms with Crippen molar-refractivity contribution in [2.75, 3.05) is 11.1 Å². The highest BCUT2D eigenvalue weighted by Crippen LogP contribution is 2.07. The molecule has 2 aromatic rings. The number of benzene rings is 1. The fourth-order valence-electron chi connectivity index (χ4n) is 1.07. The topological polar surface area (TPSA) is 110 Å². The predicted octanol–water partition coefficient (Wildman–Crippen LogP) is 0.0342. The molecule has 15 heavy (non-hydrogen) atoms. The van der Waals surface area contributed by atoms with Gasteiger partial charge in [0, 0.05) is 11.3 Å². The summed E-state index contributed by atoms with van der Waals surface area (Å²) in [6, 6.07) is 6.60. The summed E-state index contributed by atoms with van der Waals surface area (Å²) in [4.78, 5) is 11.6. The number of amides is 1. The molecule has 1 heterocycles. The Labute approximate surface area is 84.7 Å². The van der Waals surface area contributed by atoms with Crippen molar-refractivity contribution in [2.24, 2.45) is 0 Å². The van der Waals surface area contributed by atoms with Gasteiger partial charge in [0.1, 0.15) is 0 Å². The Kier molecular flexibility index (Phi) is 2.28. The molecule has 76 valence electrons. The molecule has 0 aliphatic carbocycles. The molecule has 0 atom stereocenters. The van der Waals surface area contributed by atoms with Gasteiger partial charge in [-0.25, -0.2) is 0 Å². The van der Waals surface area contributed by atoms with Crippen LogP contribution >= 0.6 is 0 Å². The Morgan fingerprint density at radius 1 is 1.47 bits per heavy atom. The monoisotopic (exact) mass is 204 g/mol. The van der Waals surface area contributed by atoms with Gasteiger partial charge in [-0.15, -0.1) is 5.10 Å². The summed E-state index contributed by atoms with van der Waals surface area (Å²) in [5, 5.41) is 15.2. The number of carbonyl (C=O) groups is 1. The van der Waals surface area contributed by atoms with Gasteiger partial charge in [0.05, 0.1) is 0 Å². The van der Waals surface area contributed by atoms with Gasteiger partial charge in [0.25, 0.3) is 11.9 Å². The first kappa shape index (κ1) is 9.13. The number of hydrogen-bond donors (Lipinski definition) is 3. The van der Waals surface area contributed by atoms with E-state index in [-0.39, 0.29) is 11.9 Å². The molecule has 0 aliphatic heterocycles. The van der Waals surface area contributed by atoms with Crippen molar-refractivity contribution in [3.63, 3.8) is 0 Å². The smallest absolute Gasteiger partial charge is 0.270 e. The molecule has 0 spiro atoms. The fourth-order valence-corrected chi connectivity index (χ4v) is 1.07. The van der Waals surface area contributed by atoms with Gasteiger partial charge in [-0.3, -0.25) is 10.1 Å². The van der Waals surface area contributed by atoms with Crippen molar-refractivity contribution >= 4 is 17.5 Å². The highest BCUT2D eigenvalue weighted by molar-refractivity contribution is 6.03. The van der Waals surface area contributed by atoms with E-state index < -0.39 is 0 Å². The minimum Gasteiger partial charge on any atom is -0.399 e. The predicted molar refractivity (Wildman–Crippen MR) is 53.0 cm³/mol. The van der Waals surface area contributed by atoms with Gasteiger partial charge >= 0.3 is 0 Å². The standard InChI is InChI=1S/C8H8N6O/c9-6-3-1-2-5(4-6)7(15)10-8-11-13-14-12-8/h1-4H,9H2,(H2,10,11,12,13,14,15). The van der Waals surface area contributed by atoms with E-state index in [0.29, 0.717) is 11.3 Å². The van der Waals surface area contributed by atoms with Crippen molar-refractivity contribution in [1.29, 1.82) is 0 Å². The average molecular weight is 204 g/mol. The number of nitrogens with two attached hydrogens (primary N) is 1. The lowest BCUT2D eigenvalue weighted by molar-refractivity contribution is 0.102. The third kappa shape index (κ3) is 2.08. The average Bonchev–Trinajstić information content (AvgIpc) is 2.70. The van der Waals surface area contributed by atoms with Crippen LogP contribution in [0.2, 0.25) is 0 Å². The molecule has 0 saturated carbocycles. The highest BCUT2D eigenvalue weighted by Gasteiger charge is 2.07. The number of aromatic amines is 1. The quantitative estimate of drug-likeness (QED) is 0.598. The molecule has 0 saturated heterocycles. The van der Waals surface area contributed by atoms with Crippen LogP contribution in [-0.2, 0) is 0 Å². The van der Waals surface area contributed by atoms with Crippen molar-refractivity contribution in [2.45, 2.75) is 0 Å². The maximum atomic E-state index is 11.6. The molecule has 1 aromatic heterocycles.